The van der Waals surface area contributed by atoms with Crippen molar-refractivity contribution in [1.29, 1.82) is 0 Å². The van der Waals surface area contributed by atoms with Crippen molar-refractivity contribution in [2.24, 2.45) is 5.92 Å². The van der Waals surface area contributed by atoms with Crippen molar-refractivity contribution >= 4 is 17.8 Å². The van der Waals surface area contributed by atoms with Gasteiger partial charge in [-0.3, -0.25) is 14.6 Å². The lowest BCUT2D eigenvalue weighted by Gasteiger charge is -2.20. The molecule has 0 saturated carbocycles. The van der Waals surface area contributed by atoms with Crippen LogP contribution < -0.4 is 5.32 Å². The number of carboxylic acids is 1. The first-order valence-electron chi connectivity index (χ1n) is 6.56. The first-order valence-corrected chi connectivity index (χ1v) is 6.56. The summed E-state index contributed by atoms with van der Waals surface area (Å²) in [6.07, 6.45) is 1.35. The van der Waals surface area contributed by atoms with Crippen LogP contribution in [0.15, 0.2) is 24.4 Å². The fourth-order valence-electron chi connectivity index (χ4n) is 1.76. The smallest absolute Gasteiger partial charge is 0.326 e. The number of nitrogens with one attached hydrogen (secondary N) is 1. The number of carbonyl (C=O) groups excluding carboxylic acids is 2. The van der Waals surface area contributed by atoms with Crippen molar-refractivity contribution in [3.05, 3.63) is 30.1 Å². The van der Waals surface area contributed by atoms with Crippen molar-refractivity contribution in [2.75, 3.05) is 6.61 Å². The number of aliphatic carboxylic acids is 1. The zero-order valence-corrected chi connectivity index (χ0v) is 11.9. The molecular formula is C14H18N2O5. The third-order valence-corrected chi connectivity index (χ3v) is 2.81. The number of pyridine rings is 1. The second kappa shape index (κ2) is 7.98. The Hall–Kier alpha value is -2.44. The van der Waals surface area contributed by atoms with Crippen LogP contribution in [0.3, 0.4) is 0 Å². The van der Waals surface area contributed by atoms with Gasteiger partial charge in [-0.1, -0.05) is 13.0 Å². The molecule has 0 fully saturated rings. The van der Waals surface area contributed by atoms with Gasteiger partial charge in [0.2, 0.25) is 0 Å². The summed E-state index contributed by atoms with van der Waals surface area (Å²) in [5, 5.41) is 11.6. The summed E-state index contributed by atoms with van der Waals surface area (Å²) in [5.74, 6) is -2.91. The van der Waals surface area contributed by atoms with Gasteiger partial charge in [0, 0.05) is 6.20 Å². The largest absolute Gasteiger partial charge is 0.480 e. The Kier molecular flexibility index (Phi) is 6.32. The van der Waals surface area contributed by atoms with Crippen LogP contribution in [0.1, 0.15) is 30.8 Å². The SMILES string of the molecule is CCOC(=O)C[C@H](C)[C@H](NC(=O)c1ccccn1)C(=O)O. The predicted octanol–water partition coefficient (Wildman–Crippen LogP) is 0.854. The molecule has 0 aromatic carbocycles. The summed E-state index contributed by atoms with van der Waals surface area (Å²) in [5.41, 5.74) is 0.118. The van der Waals surface area contributed by atoms with Gasteiger partial charge < -0.3 is 15.2 Å². The molecule has 0 spiro atoms. The minimum Gasteiger partial charge on any atom is -0.480 e. The maximum atomic E-state index is 11.9. The number of amides is 1. The van der Waals surface area contributed by atoms with Gasteiger partial charge in [0.25, 0.3) is 5.91 Å². The van der Waals surface area contributed by atoms with Gasteiger partial charge in [-0.25, -0.2) is 4.79 Å². The minimum atomic E-state index is -1.21. The monoisotopic (exact) mass is 294 g/mol. The predicted molar refractivity (Wildman–Crippen MR) is 73.5 cm³/mol. The van der Waals surface area contributed by atoms with Crippen LogP contribution in [0.2, 0.25) is 0 Å². The van der Waals surface area contributed by atoms with Gasteiger partial charge in [0.1, 0.15) is 11.7 Å². The highest BCUT2D eigenvalue weighted by atomic mass is 16.5. The summed E-state index contributed by atoms with van der Waals surface area (Å²) in [4.78, 5) is 38.4. The highest BCUT2D eigenvalue weighted by molar-refractivity contribution is 5.95. The topological polar surface area (TPSA) is 106 Å². The number of ether oxygens (including phenoxy) is 1. The summed E-state index contributed by atoms with van der Waals surface area (Å²) in [6.45, 7) is 3.46. The molecule has 0 bridgehead atoms. The van der Waals surface area contributed by atoms with Crippen LogP contribution in [0.4, 0.5) is 0 Å². The molecule has 0 saturated heterocycles. The van der Waals surface area contributed by atoms with Crippen LogP contribution in [0, 0.1) is 5.92 Å². The van der Waals surface area contributed by atoms with E-state index in [4.69, 9.17) is 4.74 Å². The second-order valence-corrected chi connectivity index (χ2v) is 4.49. The van der Waals surface area contributed by atoms with Gasteiger partial charge in [-0.15, -0.1) is 0 Å². The molecule has 1 heterocycles. The van der Waals surface area contributed by atoms with Gasteiger partial charge in [-0.05, 0) is 25.0 Å². The van der Waals surface area contributed by atoms with Crippen LogP contribution in [-0.2, 0) is 14.3 Å². The van der Waals surface area contributed by atoms with E-state index in [1.807, 2.05) is 0 Å². The number of rotatable bonds is 7. The fourth-order valence-corrected chi connectivity index (χ4v) is 1.76. The van der Waals surface area contributed by atoms with E-state index in [2.05, 4.69) is 10.3 Å². The molecule has 0 aliphatic carbocycles. The lowest BCUT2D eigenvalue weighted by molar-refractivity contribution is -0.145. The summed E-state index contributed by atoms with van der Waals surface area (Å²) in [7, 11) is 0. The van der Waals surface area contributed by atoms with Crippen LogP contribution in [0.5, 0.6) is 0 Å². The van der Waals surface area contributed by atoms with Crippen molar-refractivity contribution in [3.8, 4) is 0 Å². The zero-order valence-electron chi connectivity index (χ0n) is 11.9. The number of hydrogen-bond donors (Lipinski definition) is 2. The molecule has 21 heavy (non-hydrogen) atoms. The lowest BCUT2D eigenvalue weighted by Crippen LogP contribution is -2.46. The Labute approximate surface area is 122 Å². The van der Waals surface area contributed by atoms with Gasteiger partial charge in [-0.2, -0.15) is 0 Å². The van der Waals surface area contributed by atoms with E-state index in [0.717, 1.165) is 0 Å². The highest BCUT2D eigenvalue weighted by Crippen LogP contribution is 2.11. The Morgan fingerprint density at radius 2 is 2.10 bits per heavy atom. The highest BCUT2D eigenvalue weighted by Gasteiger charge is 2.29. The van der Waals surface area contributed by atoms with E-state index in [9.17, 15) is 19.5 Å². The number of hydrogen-bond acceptors (Lipinski definition) is 5. The van der Waals surface area contributed by atoms with Crippen molar-refractivity contribution < 1.29 is 24.2 Å². The molecule has 0 aliphatic rings. The normalized spacial score (nSPS) is 13.0. The van der Waals surface area contributed by atoms with Gasteiger partial charge in [0.15, 0.2) is 0 Å². The second-order valence-electron chi connectivity index (χ2n) is 4.49. The number of carbonyl (C=O) groups is 3. The molecule has 0 radical (unpaired) electrons. The van der Waals surface area contributed by atoms with E-state index in [1.54, 1.807) is 26.0 Å². The van der Waals surface area contributed by atoms with Gasteiger partial charge >= 0.3 is 11.9 Å². The van der Waals surface area contributed by atoms with Crippen LogP contribution in [-0.4, -0.2) is 40.6 Å². The molecular weight excluding hydrogens is 276 g/mol. The molecule has 7 nitrogen and oxygen atoms in total. The summed E-state index contributed by atoms with van der Waals surface area (Å²) in [6, 6.07) is 3.56. The molecule has 7 heteroatoms. The number of carboxylic acid groups (broad SMARTS) is 1. The third-order valence-electron chi connectivity index (χ3n) is 2.81. The molecule has 0 aliphatic heterocycles. The summed E-state index contributed by atoms with van der Waals surface area (Å²) < 4.78 is 4.78. The van der Waals surface area contributed by atoms with E-state index in [1.165, 1.54) is 12.3 Å². The molecule has 0 unspecified atom stereocenters. The molecule has 1 aromatic heterocycles. The zero-order chi connectivity index (χ0) is 15.8. The average molecular weight is 294 g/mol. The Balaban J connectivity index is 2.71. The lowest BCUT2D eigenvalue weighted by atomic mass is 9.98. The van der Waals surface area contributed by atoms with Crippen molar-refractivity contribution in [2.45, 2.75) is 26.3 Å². The Morgan fingerprint density at radius 1 is 1.38 bits per heavy atom. The van der Waals surface area contributed by atoms with Crippen molar-refractivity contribution in [3.63, 3.8) is 0 Å². The molecule has 2 atom stereocenters. The van der Waals surface area contributed by atoms with Crippen LogP contribution in [0.25, 0.3) is 0 Å². The summed E-state index contributed by atoms with van der Waals surface area (Å²) >= 11 is 0. The molecule has 2 N–H and O–H groups in total. The minimum absolute atomic E-state index is 0.0900. The number of nitrogens with zero attached hydrogens (tertiary/aromatic N) is 1. The maximum Gasteiger partial charge on any atom is 0.326 e. The standard InChI is InChI=1S/C14H18N2O5/c1-3-21-11(17)8-9(2)12(14(19)20)16-13(18)10-6-4-5-7-15-10/h4-7,9,12H,3,8H2,1-2H3,(H,16,18)(H,19,20)/t9-,12-/m0/s1. The number of esters is 1. The molecule has 1 rings (SSSR count). The number of aromatic nitrogens is 1. The van der Waals surface area contributed by atoms with E-state index in [0.29, 0.717) is 0 Å². The Morgan fingerprint density at radius 3 is 2.62 bits per heavy atom. The van der Waals surface area contributed by atoms with Gasteiger partial charge in [0.05, 0.1) is 13.0 Å². The molecule has 114 valence electrons. The van der Waals surface area contributed by atoms with E-state index >= 15 is 0 Å². The van der Waals surface area contributed by atoms with Crippen LogP contribution >= 0.6 is 0 Å². The maximum absolute atomic E-state index is 11.9. The first kappa shape index (κ1) is 16.6. The average Bonchev–Trinajstić information content (AvgIpc) is 2.45. The Bertz CT molecular complexity index is 503. The quantitative estimate of drug-likeness (QED) is 0.722. The first-order chi connectivity index (χ1) is 9.95. The molecule has 1 aromatic rings. The fraction of sp³-hybridized carbons (Fsp3) is 0.429. The van der Waals surface area contributed by atoms with Crippen molar-refractivity contribution in [1.82, 2.24) is 10.3 Å². The third kappa shape index (κ3) is 5.21. The molecule has 1 amide bonds. The van der Waals surface area contributed by atoms with E-state index < -0.39 is 29.8 Å². The van der Waals surface area contributed by atoms with E-state index in [-0.39, 0.29) is 18.7 Å².